The molecule has 1 heterocycles. The van der Waals surface area contributed by atoms with Crippen LogP contribution < -0.4 is 0 Å². The summed E-state index contributed by atoms with van der Waals surface area (Å²) in [4.78, 5) is 0. The second kappa shape index (κ2) is 5.90. The minimum Gasteiger partial charge on any atom is -0.392 e. The number of aliphatic hydroxyl groups excluding tert-OH is 2. The second-order valence-electron chi connectivity index (χ2n) is 7.64. The molecule has 0 radical (unpaired) electrons. The van der Waals surface area contributed by atoms with Gasteiger partial charge in [0.15, 0.2) is 5.79 Å². The standard InChI is InChI=1S/C18H28O4/c19-16(12-4-2-1-3-5-12)7-6-13-14-11-18(21-8-9-22-18)15(14)10-17(13)20/h6-7,12-17,19-20H,1-5,8-11H2. The van der Waals surface area contributed by atoms with Crippen molar-refractivity contribution in [1.82, 2.24) is 0 Å². The Morgan fingerprint density at radius 1 is 1.09 bits per heavy atom. The van der Waals surface area contributed by atoms with Gasteiger partial charge in [-0.2, -0.15) is 0 Å². The van der Waals surface area contributed by atoms with E-state index in [0.29, 0.717) is 31.0 Å². The molecule has 4 rings (SSSR count). The molecule has 124 valence electrons. The van der Waals surface area contributed by atoms with Gasteiger partial charge in [0, 0.05) is 18.3 Å². The van der Waals surface area contributed by atoms with Crippen LogP contribution in [0.15, 0.2) is 12.2 Å². The Morgan fingerprint density at radius 2 is 1.82 bits per heavy atom. The van der Waals surface area contributed by atoms with Crippen LogP contribution in [0, 0.1) is 23.7 Å². The molecule has 5 atom stereocenters. The number of fused-ring (bicyclic) bond motifs is 2. The topological polar surface area (TPSA) is 58.9 Å². The van der Waals surface area contributed by atoms with E-state index in [-0.39, 0.29) is 18.1 Å². The number of hydrogen-bond donors (Lipinski definition) is 2. The van der Waals surface area contributed by atoms with E-state index in [4.69, 9.17) is 9.47 Å². The highest BCUT2D eigenvalue weighted by atomic mass is 16.7. The highest BCUT2D eigenvalue weighted by Crippen LogP contribution is 2.60. The fourth-order valence-corrected chi connectivity index (χ4v) is 5.20. The fourth-order valence-electron chi connectivity index (χ4n) is 5.20. The molecule has 1 saturated heterocycles. The average Bonchev–Trinajstić information content (AvgIpc) is 3.12. The first-order valence-corrected chi connectivity index (χ1v) is 9.02. The van der Waals surface area contributed by atoms with Crippen LogP contribution in [0.4, 0.5) is 0 Å². The largest absolute Gasteiger partial charge is 0.392 e. The summed E-state index contributed by atoms with van der Waals surface area (Å²) in [5.41, 5.74) is 0. The predicted molar refractivity (Wildman–Crippen MR) is 82.1 cm³/mol. The van der Waals surface area contributed by atoms with Crippen molar-refractivity contribution in [2.75, 3.05) is 13.2 Å². The first-order valence-electron chi connectivity index (χ1n) is 9.02. The summed E-state index contributed by atoms with van der Waals surface area (Å²) in [5, 5.41) is 20.8. The minimum absolute atomic E-state index is 0.154. The molecule has 5 unspecified atom stereocenters. The van der Waals surface area contributed by atoms with Crippen molar-refractivity contribution in [2.45, 2.75) is 62.9 Å². The zero-order valence-electron chi connectivity index (χ0n) is 13.2. The Labute approximate surface area is 132 Å². The van der Waals surface area contributed by atoms with Crippen molar-refractivity contribution in [1.29, 1.82) is 0 Å². The molecule has 0 aromatic carbocycles. The predicted octanol–water partition coefficient (Wildman–Crippen LogP) is 2.24. The number of aliphatic hydroxyl groups is 2. The molecule has 4 heteroatoms. The van der Waals surface area contributed by atoms with Crippen LogP contribution in [0.3, 0.4) is 0 Å². The van der Waals surface area contributed by atoms with Gasteiger partial charge in [-0.25, -0.2) is 0 Å². The maximum Gasteiger partial charge on any atom is 0.171 e. The van der Waals surface area contributed by atoms with Gasteiger partial charge in [0.1, 0.15) is 0 Å². The van der Waals surface area contributed by atoms with Crippen LogP contribution in [-0.4, -0.2) is 41.4 Å². The molecular weight excluding hydrogens is 280 g/mol. The number of ether oxygens (including phenoxy) is 2. The van der Waals surface area contributed by atoms with Crippen molar-refractivity contribution >= 4 is 0 Å². The van der Waals surface area contributed by atoms with Gasteiger partial charge in [0.05, 0.1) is 25.4 Å². The summed E-state index contributed by atoms with van der Waals surface area (Å²) in [6, 6.07) is 0. The lowest BCUT2D eigenvalue weighted by atomic mass is 9.67. The van der Waals surface area contributed by atoms with Crippen LogP contribution in [0.2, 0.25) is 0 Å². The van der Waals surface area contributed by atoms with E-state index >= 15 is 0 Å². The molecule has 3 saturated carbocycles. The van der Waals surface area contributed by atoms with Crippen LogP contribution in [0.5, 0.6) is 0 Å². The third kappa shape index (κ3) is 2.44. The van der Waals surface area contributed by atoms with E-state index < -0.39 is 5.79 Å². The van der Waals surface area contributed by atoms with E-state index in [2.05, 4.69) is 6.08 Å². The molecule has 4 nitrogen and oxygen atoms in total. The second-order valence-corrected chi connectivity index (χ2v) is 7.64. The molecule has 1 aliphatic heterocycles. The Bertz CT molecular complexity index is 423. The molecule has 22 heavy (non-hydrogen) atoms. The van der Waals surface area contributed by atoms with Crippen LogP contribution >= 0.6 is 0 Å². The van der Waals surface area contributed by atoms with Gasteiger partial charge in [0.2, 0.25) is 0 Å². The molecule has 1 spiro atoms. The van der Waals surface area contributed by atoms with Crippen molar-refractivity contribution in [3.63, 3.8) is 0 Å². The molecule has 2 N–H and O–H groups in total. The quantitative estimate of drug-likeness (QED) is 0.785. The Morgan fingerprint density at radius 3 is 2.55 bits per heavy atom. The smallest absolute Gasteiger partial charge is 0.171 e. The third-order valence-electron chi connectivity index (χ3n) is 6.48. The van der Waals surface area contributed by atoms with Crippen molar-refractivity contribution < 1.29 is 19.7 Å². The summed E-state index contributed by atoms with van der Waals surface area (Å²) in [5.74, 6) is 0.945. The van der Waals surface area contributed by atoms with Crippen molar-refractivity contribution in [2.24, 2.45) is 23.7 Å². The molecule has 0 aromatic heterocycles. The van der Waals surface area contributed by atoms with E-state index in [1.807, 2.05) is 6.08 Å². The van der Waals surface area contributed by atoms with Gasteiger partial charge >= 0.3 is 0 Å². The van der Waals surface area contributed by atoms with Crippen LogP contribution in [0.25, 0.3) is 0 Å². The summed E-state index contributed by atoms with van der Waals surface area (Å²) in [6.07, 6.45) is 11.1. The zero-order chi connectivity index (χ0) is 15.2. The summed E-state index contributed by atoms with van der Waals surface area (Å²) < 4.78 is 11.6. The Balaban J connectivity index is 1.37. The van der Waals surface area contributed by atoms with E-state index in [0.717, 1.165) is 25.7 Å². The molecule has 0 amide bonds. The first kappa shape index (κ1) is 15.1. The van der Waals surface area contributed by atoms with Crippen molar-refractivity contribution in [3.05, 3.63) is 12.2 Å². The zero-order valence-corrected chi connectivity index (χ0v) is 13.2. The molecule has 0 bridgehead atoms. The van der Waals surface area contributed by atoms with Gasteiger partial charge in [-0.05, 0) is 31.1 Å². The maximum atomic E-state index is 10.4. The highest BCUT2D eigenvalue weighted by Gasteiger charge is 2.64. The first-order chi connectivity index (χ1) is 10.7. The van der Waals surface area contributed by atoms with Gasteiger partial charge in [-0.15, -0.1) is 0 Å². The Hall–Kier alpha value is -0.420. The highest BCUT2D eigenvalue weighted by molar-refractivity contribution is 5.14. The third-order valence-corrected chi connectivity index (χ3v) is 6.48. The van der Waals surface area contributed by atoms with E-state index in [1.54, 1.807) is 0 Å². The van der Waals surface area contributed by atoms with E-state index in [1.165, 1.54) is 19.3 Å². The average molecular weight is 308 g/mol. The van der Waals surface area contributed by atoms with Crippen molar-refractivity contribution in [3.8, 4) is 0 Å². The number of hydrogen-bond acceptors (Lipinski definition) is 4. The summed E-state index contributed by atoms with van der Waals surface area (Å²) >= 11 is 0. The van der Waals surface area contributed by atoms with Crippen LogP contribution in [-0.2, 0) is 9.47 Å². The lowest BCUT2D eigenvalue weighted by molar-refractivity contribution is -0.270. The maximum absolute atomic E-state index is 10.4. The Kier molecular flexibility index (Phi) is 4.05. The lowest BCUT2D eigenvalue weighted by Gasteiger charge is -2.49. The van der Waals surface area contributed by atoms with Crippen LogP contribution in [0.1, 0.15) is 44.9 Å². The molecule has 4 aliphatic rings. The molecule has 4 fully saturated rings. The van der Waals surface area contributed by atoms with Gasteiger partial charge in [0.25, 0.3) is 0 Å². The summed E-state index contributed by atoms with van der Waals surface area (Å²) in [7, 11) is 0. The van der Waals surface area contributed by atoms with Gasteiger partial charge < -0.3 is 19.7 Å². The van der Waals surface area contributed by atoms with Gasteiger partial charge in [-0.3, -0.25) is 0 Å². The minimum atomic E-state index is -0.393. The normalized spacial score (nSPS) is 42.6. The monoisotopic (exact) mass is 308 g/mol. The number of rotatable bonds is 3. The molecule has 0 aromatic rings. The fraction of sp³-hybridized carbons (Fsp3) is 0.889. The molecule has 3 aliphatic carbocycles. The van der Waals surface area contributed by atoms with E-state index in [9.17, 15) is 10.2 Å². The lowest BCUT2D eigenvalue weighted by Crippen LogP contribution is -2.53. The SMILES string of the molecule is OC(C=CC1C(O)CC2C1CC21OCCO1)C1CCCCC1. The molecular formula is C18H28O4. The van der Waals surface area contributed by atoms with Gasteiger partial charge in [-0.1, -0.05) is 31.4 Å². The summed E-state index contributed by atoms with van der Waals surface area (Å²) in [6.45, 7) is 1.36.